The van der Waals surface area contributed by atoms with Crippen molar-refractivity contribution in [1.29, 1.82) is 0 Å². The molecule has 4 aromatic rings. The third-order valence-corrected chi connectivity index (χ3v) is 17.6. The summed E-state index contributed by atoms with van der Waals surface area (Å²) in [5, 5.41) is 27.5. The van der Waals surface area contributed by atoms with Gasteiger partial charge in [-0.05, 0) is 149 Å². The molecule has 22 nitrogen and oxygen atoms in total. The molecule has 4 aliphatic heterocycles. The molecular formula is C52H73IN12O10S2. The maximum Gasteiger partial charge on any atom is 0.258 e. The van der Waals surface area contributed by atoms with Crippen LogP contribution in [0, 0.1) is 28.2 Å². The summed E-state index contributed by atoms with van der Waals surface area (Å²) in [6, 6.07) is 14.6. The van der Waals surface area contributed by atoms with Gasteiger partial charge in [0.05, 0.1) is 78.3 Å². The standard InChI is InChI=1S/C26H36N6O5S.C24H30IN5O2.C2H7NO3S/c1-18-15-23(29-25(27-18)32-11-13-37-19(2)17-32)28-24(34)21-4-3-20(30-38(35,36)14-12-33)16-22(21)31-9-7-26(5-6-26)8-10-31;1-16-13-21(28-23(26-16)30-11-12-32-17(2)15-30)27-22(31)19-4-3-18(25)14-20(19)29-9-7-24(5-6-24)8-10-29;3-7(5,6)2-1-4/h3-4,15-16,19,30,33H,5-14,17H2,1-2H3,(H,27,28,29,34);3-4,13-14,17H,5-12,15H2,1-2H3,(H,26,27,28,31);4H,1-2H2,(H2,3,5,6)/t19-;17-;/m11./s1. The molecule has 7 N–H and O–H groups in total. The van der Waals surface area contributed by atoms with Crippen LogP contribution in [-0.4, -0.2) is 161 Å². The number of carbonyl (C=O) groups excluding carboxylic acids is 2. The molecule has 0 bridgehead atoms. The summed E-state index contributed by atoms with van der Waals surface area (Å²) >= 11 is 2.32. The maximum atomic E-state index is 13.6. The largest absolute Gasteiger partial charge is 0.395 e. The van der Waals surface area contributed by atoms with Gasteiger partial charge in [0.1, 0.15) is 11.6 Å². The number of nitrogens with zero attached hydrogens (tertiary/aromatic N) is 8. The number of ether oxygens (including phenoxy) is 2. The van der Waals surface area contributed by atoms with Gasteiger partial charge in [0, 0.05) is 79.4 Å². The number of sulfonamides is 2. The van der Waals surface area contributed by atoms with Crippen molar-refractivity contribution in [2.24, 2.45) is 16.0 Å². The number of nitrogens with two attached hydrogens (primary N) is 1. The molecule has 2 aromatic heterocycles. The highest BCUT2D eigenvalue weighted by atomic mass is 127. The van der Waals surface area contributed by atoms with Crippen LogP contribution in [0.25, 0.3) is 0 Å². The molecule has 2 spiro atoms. The number of primary sulfonamides is 1. The fourth-order valence-corrected chi connectivity index (χ4v) is 11.7. The summed E-state index contributed by atoms with van der Waals surface area (Å²) in [5.41, 5.74) is 5.83. The maximum absolute atomic E-state index is 13.6. The molecule has 4 saturated heterocycles. The van der Waals surface area contributed by atoms with Crippen LogP contribution < -0.4 is 40.1 Å². The van der Waals surface area contributed by atoms with Gasteiger partial charge in [0.15, 0.2) is 0 Å². The minimum absolute atomic E-state index is 0.0705. The summed E-state index contributed by atoms with van der Waals surface area (Å²) in [6.45, 7) is 14.7. The predicted octanol–water partition coefficient (Wildman–Crippen LogP) is 4.89. The van der Waals surface area contributed by atoms with Crippen molar-refractivity contribution in [3.05, 3.63) is 74.6 Å². The summed E-state index contributed by atoms with van der Waals surface area (Å²) < 4.78 is 59.1. The number of carbonyl (C=O) groups is 2. The number of benzene rings is 2. The number of rotatable bonds is 14. The van der Waals surface area contributed by atoms with E-state index in [-0.39, 0.29) is 29.8 Å². The zero-order valence-corrected chi connectivity index (χ0v) is 48.1. The highest BCUT2D eigenvalue weighted by Gasteiger charge is 2.46. The Labute approximate surface area is 465 Å². The molecule has 0 unspecified atom stereocenters. The molecule has 77 heavy (non-hydrogen) atoms. The Kier molecular flexibility index (Phi) is 18.8. The van der Waals surface area contributed by atoms with E-state index in [2.05, 4.69) is 95.6 Å². The lowest BCUT2D eigenvalue weighted by molar-refractivity contribution is 0.0524. The molecule has 2 aromatic carbocycles. The first kappa shape index (κ1) is 58.1. The van der Waals surface area contributed by atoms with Crippen molar-refractivity contribution < 1.29 is 46.1 Å². The van der Waals surface area contributed by atoms with Crippen LogP contribution in [0.1, 0.15) is 97.3 Å². The highest BCUT2D eigenvalue weighted by Crippen LogP contribution is 2.55. The Morgan fingerprint density at radius 3 is 1.48 bits per heavy atom. The van der Waals surface area contributed by atoms with Crippen LogP contribution in [-0.2, 0) is 29.5 Å². The molecule has 6 fully saturated rings. The van der Waals surface area contributed by atoms with Crippen LogP contribution >= 0.6 is 22.6 Å². The van der Waals surface area contributed by atoms with E-state index in [0.29, 0.717) is 83.2 Å². The van der Waals surface area contributed by atoms with Crippen LogP contribution in [0.15, 0.2) is 48.5 Å². The number of piperidine rings is 2. The van der Waals surface area contributed by atoms with Crippen molar-refractivity contribution in [3.8, 4) is 0 Å². The van der Waals surface area contributed by atoms with Gasteiger partial charge < -0.3 is 49.9 Å². The Balaban J connectivity index is 0.000000183. The number of amides is 2. The van der Waals surface area contributed by atoms with Gasteiger partial charge in [-0.3, -0.25) is 14.3 Å². The van der Waals surface area contributed by atoms with Crippen LogP contribution in [0.4, 0.5) is 40.6 Å². The van der Waals surface area contributed by atoms with Crippen molar-refractivity contribution in [2.75, 3.05) is 125 Å². The molecule has 10 rings (SSSR count). The van der Waals surface area contributed by atoms with E-state index in [1.54, 1.807) is 24.3 Å². The number of nitrogens with one attached hydrogen (secondary N) is 3. The Bertz CT molecular complexity index is 2970. The van der Waals surface area contributed by atoms with E-state index in [1.165, 1.54) is 38.5 Å². The molecule has 420 valence electrons. The Morgan fingerprint density at radius 2 is 1.08 bits per heavy atom. The van der Waals surface area contributed by atoms with E-state index in [0.717, 1.165) is 72.8 Å². The van der Waals surface area contributed by atoms with E-state index in [4.69, 9.17) is 19.7 Å². The van der Waals surface area contributed by atoms with Gasteiger partial charge in [-0.15, -0.1) is 0 Å². The lowest BCUT2D eigenvalue weighted by atomic mass is 9.93. The molecule has 0 radical (unpaired) electrons. The normalized spacial score (nSPS) is 20.6. The van der Waals surface area contributed by atoms with Gasteiger partial charge in [0.2, 0.25) is 31.9 Å². The Morgan fingerprint density at radius 1 is 0.636 bits per heavy atom. The van der Waals surface area contributed by atoms with Crippen molar-refractivity contribution >= 4 is 95.0 Å². The van der Waals surface area contributed by atoms with Gasteiger partial charge >= 0.3 is 0 Å². The Hall–Kier alpha value is -5.03. The average molecular weight is 1220 g/mol. The van der Waals surface area contributed by atoms with Gasteiger partial charge in [-0.25, -0.2) is 31.9 Å². The second kappa shape index (κ2) is 25.0. The summed E-state index contributed by atoms with van der Waals surface area (Å²) in [5.74, 6) is 0.946. The number of anilines is 7. The molecule has 2 amide bonds. The minimum Gasteiger partial charge on any atom is -0.395 e. The van der Waals surface area contributed by atoms with Crippen LogP contribution in [0.2, 0.25) is 0 Å². The van der Waals surface area contributed by atoms with E-state index in [9.17, 15) is 26.4 Å². The third-order valence-electron chi connectivity index (χ3n) is 14.9. The number of halogens is 1. The van der Waals surface area contributed by atoms with Crippen LogP contribution in [0.5, 0.6) is 0 Å². The number of hydrogen-bond acceptors (Lipinski definition) is 18. The molecule has 2 aliphatic carbocycles. The van der Waals surface area contributed by atoms with Crippen molar-refractivity contribution in [3.63, 3.8) is 0 Å². The molecular weight excluding hydrogens is 1140 g/mol. The molecule has 6 aliphatic rings. The molecule has 2 saturated carbocycles. The molecule has 25 heteroatoms. The van der Waals surface area contributed by atoms with Gasteiger partial charge in [-0.2, -0.15) is 9.97 Å². The van der Waals surface area contributed by atoms with Crippen LogP contribution in [0.3, 0.4) is 0 Å². The summed E-state index contributed by atoms with van der Waals surface area (Å²) in [6.07, 6.45) is 10.0. The van der Waals surface area contributed by atoms with E-state index < -0.39 is 39.0 Å². The lowest BCUT2D eigenvalue weighted by Crippen LogP contribution is -2.42. The first-order valence-corrected chi connectivity index (χ1v) is 30.8. The zero-order chi connectivity index (χ0) is 55.1. The second-order valence-corrected chi connectivity index (χ2v) is 26.0. The highest BCUT2D eigenvalue weighted by molar-refractivity contribution is 14.1. The predicted molar refractivity (Wildman–Crippen MR) is 306 cm³/mol. The lowest BCUT2D eigenvalue weighted by Gasteiger charge is -2.35. The van der Waals surface area contributed by atoms with Gasteiger partial charge in [0.25, 0.3) is 11.8 Å². The first-order chi connectivity index (χ1) is 36.6. The SMILES string of the molecule is Cc1cc(NC(=O)c2ccc(I)cc2N2CCC3(CC2)CC3)nc(N2CCO[C@H](C)C2)n1.Cc1cc(NC(=O)c2ccc(NS(=O)(=O)CCO)cc2N2CCC3(CC2)CC3)nc(N2CCO[C@H](C)C2)n1.NS(=O)(=O)CCO. The minimum atomic E-state index is -3.70. The fourth-order valence-electron chi connectivity index (χ4n) is 10.2. The summed E-state index contributed by atoms with van der Waals surface area (Å²) in [7, 11) is -7.12. The molecule has 6 heterocycles. The quantitative estimate of drug-likeness (QED) is 0.0916. The monoisotopic (exact) mass is 1220 g/mol. The van der Waals surface area contributed by atoms with Crippen molar-refractivity contribution in [1.82, 2.24) is 19.9 Å². The molecule has 2 atom stereocenters. The smallest absolute Gasteiger partial charge is 0.258 e. The summed E-state index contributed by atoms with van der Waals surface area (Å²) in [4.78, 5) is 54.0. The first-order valence-electron chi connectivity index (χ1n) is 26.4. The number of aromatic nitrogens is 4. The van der Waals surface area contributed by atoms with E-state index in [1.807, 2.05) is 39.0 Å². The topological polar surface area (TPSA) is 288 Å². The van der Waals surface area contributed by atoms with E-state index >= 15 is 0 Å². The number of aliphatic hydroxyl groups is 2. The average Bonchev–Trinajstić information content (AvgIpc) is 4.38. The third kappa shape index (κ3) is 16.3. The number of aryl methyl sites for hydroxylation is 2. The second-order valence-electron chi connectivity index (χ2n) is 21.2. The van der Waals surface area contributed by atoms with Crippen molar-refractivity contribution in [2.45, 2.75) is 91.3 Å². The number of hydrogen-bond donors (Lipinski definition) is 6. The fraction of sp³-hybridized carbons (Fsp3) is 0.577. The zero-order valence-electron chi connectivity index (χ0n) is 44.3. The number of aliphatic hydroxyl groups excluding tert-OH is 2. The number of morpholine rings is 2. The van der Waals surface area contributed by atoms with Gasteiger partial charge in [-0.1, -0.05) is 0 Å².